The quantitative estimate of drug-likeness (QED) is 0.487. The molecule has 5 rings (SSSR count). The maximum absolute atomic E-state index is 13.7. The highest BCUT2D eigenvalue weighted by molar-refractivity contribution is 6.07. The number of amides is 3. The number of hydrogen-bond donors (Lipinski definition) is 1. The number of likely N-dealkylation sites (tertiary alicyclic amines) is 1. The molecule has 9 heteroatoms. The number of rotatable bonds is 8. The highest BCUT2D eigenvalue weighted by atomic mass is 19.1. The minimum absolute atomic E-state index is 0.0462. The highest BCUT2D eigenvalue weighted by Crippen LogP contribution is 2.37. The number of urea groups is 1. The van der Waals surface area contributed by atoms with E-state index in [0.29, 0.717) is 6.42 Å². The van der Waals surface area contributed by atoms with Gasteiger partial charge in [-0.15, -0.1) is 0 Å². The fourth-order valence-electron chi connectivity index (χ4n) is 5.50. The summed E-state index contributed by atoms with van der Waals surface area (Å²) in [6, 6.07) is 11.8. The molecule has 2 aromatic carbocycles. The van der Waals surface area contributed by atoms with Crippen molar-refractivity contribution in [1.29, 1.82) is 0 Å². The summed E-state index contributed by atoms with van der Waals surface area (Å²) in [5, 5.41) is 3.05. The number of nitrogens with zero attached hydrogens (tertiary/aromatic N) is 4. The SMILES string of the molecule is COCCN1C(=O)N[C@](Cc2ccc(F)cc2)(C2CCN(Cc3cccc4nccnc34)CC2)C1=O. The molecule has 1 aromatic heterocycles. The molecule has 1 atom stereocenters. The number of carbonyl (C=O) groups excluding carboxylic acids is 2. The smallest absolute Gasteiger partial charge is 0.325 e. The predicted octanol–water partition coefficient (Wildman–Crippen LogP) is 3.16. The topological polar surface area (TPSA) is 87.7 Å². The zero-order chi connectivity index (χ0) is 25.1. The van der Waals surface area contributed by atoms with Crippen LogP contribution in [0.1, 0.15) is 24.0 Å². The second kappa shape index (κ2) is 10.3. The van der Waals surface area contributed by atoms with Crippen molar-refractivity contribution in [2.45, 2.75) is 31.3 Å². The predicted molar refractivity (Wildman–Crippen MR) is 132 cm³/mol. The number of halogens is 1. The second-order valence-corrected chi connectivity index (χ2v) is 9.55. The van der Waals surface area contributed by atoms with Gasteiger partial charge in [-0.05, 0) is 61.2 Å². The molecule has 0 radical (unpaired) electrons. The Morgan fingerprint density at radius 1 is 1.08 bits per heavy atom. The zero-order valence-electron chi connectivity index (χ0n) is 20.3. The van der Waals surface area contributed by atoms with Crippen LogP contribution in [-0.4, -0.2) is 70.6 Å². The van der Waals surface area contributed by atoms with Crippen LogP contribution >= 0.6 is 0 Å². The summed E-state index contributed by atoms with van der Waals surface area (Å²) >= 11 is 0. The number of para-hydroxylation sites is 1. The van der Waals surface area contributed by atoms with Crippen molar-refractivity contribution in [1.82, 2.24) is 25.1 Å². The summed E-state index contributed by atoms with van der Waals surface area (Å²) in [6.45, 7) is 2.79. The number of nitrogens with one attached hydrogen (secondary N) is 1. The van der Waals surface area contributed by atoms with Crippen molar-refractivity contribution >= 4 is 23.0 Å². The Hall–Kier alpha value is -3.43. The van der Waals surface area contributed by atoms with Gasteiger partial charge >= 0.3 is 6.03 Å². The van der Waals surface area contributed by atoms with E-state index in [-0.39, 0.29) is 30.8 Å². The molecule has 0 saturated carbocycles. The van der Waals surface area contributed by atoms with Crippen LogP contribution in [0.25, 0.3) is 11.0 Å². The van der Waals surface area contributed by atoms with Crippen LogP contribution in [0.3, 0.4) is 0 Å². The molecular weight excluding hydrogens is 461 g/mol. The van der Waals surface area contributed by atoms with Crippen molar-refractivity contribution in [3.63, 3.8) is 0 Å². The molecule has 188 valence electrons. The number of ether oxygens (including phenoxy) is 1. The lowest BCUT2D eigenvalue weighted by molar-refractivity contribution is -0.134. The number of fused-ring (bicyclic) bond motifs is 1. The molecule has 0 bridgehead atoms. The van der Waals surface area contributed by atoms with Crippen molar-refractivity contribution in [2.75, 3.05) is 33.4 Å². The molecule has 3 heterocycles. The van der Waals surface area contributed by atoms with Crippen molar-refractivity contribution < 1.29 is 18.7 Å². The van der Waals surface area contributed by atoms with Gasteiger partial charge in [0, 0.05) is 32.5 Å². The zero-order valence-corrected chi connectivity index (χ0v) is 20.3. The maximum atomic E-state index is 13.7. The van der Waals surface area contributed by atoms with E-state index in [0.717, 1.165) is 54.6 Å². The van der Waals surface area contributed by atoms with Gasteiger partial charge in [-0.25, -0.2) is 9.18 Å². The van der Waals surface area contributed by atoms with E-state index in [2.05, 4.69) is 26.3 Å². The Morgan fingerprint density at radius 3 is 2.58 bits per heavy atom. The first-order valence-corrected chi connectivity index (χ1v) is 12.3. The van der Waals surface area contributed by atoms with Crippen LogP contribution in [-0.2, 0) is 22.5 Å². The van der Waals surface area contributed by atoms with Gasteiger partial charge in [0.2, 0.25) is 0 Å². The number of piperidine rings is 1. The van der Waals surface area contributed by atoms with Crippen molar-refractivity contribution in [2.24, 2.45) is 5.92 Å². The van der Waals surface area contributed by atoms with Crippen LogP contribution in [0.15, 0.2) is 54.9 Å². The van der Waals surface area contributed by atoms with Gasteiger partial charge in [-0.2, -0.15) is 0 Å². The van der Waals surface area contributed by atoms with E-state index in [9.17, 15) is 14.0 Å². The molecule has 0 aliphatic carbocycles. The molecule has 2 fully saturated rings. The average Bonchev–Trinajstić information content (AvgIpc) is 3.14. The third-order valence-electron chi connectivity index (χ3n) is 7.38. The van der Waals surface area contributed by atoms with E-state index < -0.39 is 11.6 Å². The van der Waals surface area contributed by atoms with Gasteiger partial charge < -0.3 is 10.1 Å². The van der Waals surface area contributed by atoms with Crippen molar-refractivity contribution in [3.05, 3.63) is 71.8 Å². The summed E-state index contributed by atoms with van der Waals surface area (Å²) < 4.78 is 18.7. The Labute approximate surface area is 209 Å². The van der Waals surface area contributed by atoms with Gasteiger partial charge in [-0.3, -0.25) is 24.6 Å². The molecular formula is C27H30FN5O3. The molecule has 2 saturated heterocycles. The van der Waals surface area contributed by atoms with E-state index in [4.69, 9.17) is 4.74 Å². The van der Waals surface area contributed by atoms with Crippen molar-refractivity contribution in [3.8, 4) is 0 Å². The summed E-state index contributed by atoms with van der Waals surface area (Å²) in [7, 11) is 1.54. The first kappa shape index (κ1) is 24.3. The minimum Gasteiger partial charge on any atom is -0.383 e. The van der Waals surface area contributed by atoms with E-state index >= 15 is 0 Å². The molecule has 3 amide bonds. The Morgan fingerprint density at radius 2 is 1.83 bits per heavy atom. The van der Waals surface area contributed by atoms with Gasteiger partial charge in [0.1, 0.15) is 11.4 Å². The Kier molecular flexibility index (Phi) is 6.93. The highest BCUT2D eigenvalue weighted by Gasteiger charge is 2.55. The van der Waals surface area contributed by atoms with Gasteiger partial charge in [0.05, 0.1) is 24.2 Å². The number of benzene rings is 2. The molecule has 0 spiro atoms. The molecule has 1 N–H and O–H groups in total. The maximum Gasteiger partial charge on any atom is 0.325 e. The lowest BCUT2D eigenvalue weighted by atomic mass is 9.74. The average molecular weight is 492 g/mol. The standard InChI is InChI=1S/C27H30FN5O3/c1-36-16-15-33-25(34)27(31-26(33)35,17-19-5-7-22(28)8-6-19)21-9-13-32(14-10-21)18-20-3-2-4-23-24(20)30-12-11-29-23/h2-8,11-12,21H,9-10,13-18H2,1H3,(H,31,35)/t27-/m1/s1. The molecule has 2 aliphatic heterocycles. The number of carbonyl (C=O) groups is 2. The fraction of sp³-hybridized carbons (Fsp3) is 0.407. The Bertz CT molecular complexity index is 1240. The van der Waals surface area contributed by atoms with Crippen LogP contribution in [0.5, 0.6) is 0 Å². The molecule has 0 unspecified atom stereocenters. The molecule has 3 aromatic rings. The lowest BCUT2D eigenvalue weighted by Crippen LogP contribution is -2.57. The monoisotopic (exact) mass is 491 g/mol. The third kappa shape index (κ3) is 4.68. The van der Waals surface area contributed by atoms with Gasteiger partial charge in [0.25, 0.3) is 5.91 Å². The second-order valence-electron chi connectivity index (χ2n) is 9.55. The first-order valence-electron chi connectivity index (χ1n) is 12.3. The minimum atomic E-state index is -1.06. The van der Waals surface area contributed by atoms with Crippen LogP contribution < -0.4 is 5.32 Å². The summed E-state index contributed by atoms with van der Waals surface area (Å²) in [5.41, 5.74) is 2.66. The van der Waals surface area contributed by atoms with Crippen LogP contribution in [0.4, 0.5) is 9.18 Å². The summed E-state index contributed by atoms with van der Waals surface area (Å²) in [5.74, 6) is -0.602. The first-order chi connectivity index (χ1) is 17.5. The van der Waals surface area contributed by atoms with Crippen LogP contribution in [0, 0.1) is 11.7 Å². The number of aromatic nitrogens is 2. The Balaban J connectivity index is 1.35. The van der Waals surface area contributed by atoms with E-state index in [1.807, 2.05) is 12.1 Å². The molecule has 2 aliphatic rings. The summed E-state index contributed by atoms with van der Waals surface area (Å²) in [6.07, 6.45) is 5.23. The number of imide groups is 1. The van der Waals surface area contributed by atoms with Crippen LogP contribution in [0.2, 0.25) is 0 Å². The van der Waals surface area contributed by atoms with Gasteiger partial charge in [-0.1, -0.05) is 24.3 Å². The largest absolute Gasteiger partial charge is 0.383 e. The number of methoxy groups -OCH3 is 1. The summed E-state index contributed by atoms with van der Waals surface area (Å²) in [4.78, 5) is 39.1. The van der Waals surface area contributed by atoms with Gasteiger partial charge in [0.15, 0.2) is 0 Å². The normalized spacial score (nSPS) is 21.3. The third-order valence-corrected chi connectivity index (χ3v) is 7.38. The lowest BCUT2D eigenvalue weighted by Gasteiger charge is -2.41. The number of hydrogen-bond acceptors (Lipinski definition) is 6. The molecule has 8 nitrogen and oxygen atoms in total. The van der Waals surface area contributed by atoms with E-state index in [1.165, 1.54) is 17.0 Å². The fourth-order valence-corrected chi connectivity index (χ4v) is 5.50. The van der Waals surface area contributed by atoms with E-state index in [1.54, 1.807) is 31.6 Å². The molecule has 36 heavy (non-hydrogen) atoms.